The van der Waals surface area contributed by atoms with Gasteiger partial charge in [-0.3, -0.25) is 4.79 Å². The van der Waals surface area contributed by atoms with E-state index >= 15 is 0 Å². The Labute approximate surface area is 208 Å². The van der Waals surface area contributed by atoms with Crippen LogP contribution < -0.4 is 14.8 Å². The summed E-state index contributed by atoms with van der Waals surface area (Å²) in [7, 11) is 1.58. The molecule has 1 amide bonds. The minimum absolute atomic E-state index is 0.0756. The summed E-state index contributed by atoms with van der Waals surface area (Å²) >= 11 is 6.07. The summed E-state index contributed by atoms with van der Waals surface area (Å²) in [6, 6.07) is 7.01. The van der Waals surface area contributed by atoms with E-state index in [2.05, 4.69) is 15.3 Å². The maximum atomic E-state index is 14.6. The van der Waals surface area contributed by atoms with Gasteiger partial charge in [-0.05, 0) is 55.2 Å². The number of hydrogen-bond acceptors (Lipinski definition) is 6. The summed E-state index contributed by atoms with van der Waals surface area (Å²) in [6.45, 7) is 5.69. The first-order valence-electron chi connectivity index (χ1n) is 11.8. The first-order valence-corrected chi connectivity index (χ1v) is 12.1. The third-order valence-electron chi connectivity index (χ3n) is 7.22. The fourth-order valence-electron chi connectivity index (χ4n) is 5.33. The zero-order chi connectivity index (χ0) is 24.7. The van der Waals surface area contributed by atoms with Crippen molar-refractivity contribution in [3.05, 3.63) is 47.0 Å². The van der Waals surface area contributed by atoms with Crippen LogP contribution in [0.1, 0.15) is 25.3 Å². The molecule has 1 N–H and O–H groups in total. The minimum Gasteiger partial charge on any atom is -0.493 e. The Bertz CT molecular complexity index is 1270. The van der Waals surface area contributed by atoms with Gasteiger partial charge in [0.15, 0.2) is 17.3 Å². The zero-order valence-corrected chi connectivity index (χ0v) is 20.7. The molecule has 1 aliphatic heterocycles. The van der Waals surface area contributed by atoms with Gasteiger partial charge in [0.05, 0.1) is 29.9 Å². The summed E-state index contributed by atoms with van der Waals surface area (Å²) in [5.74, 6) is 2.80. The van der Waals surface area contributed by atoms with Crippen molar-refractivity contribution in [3.63, 3.8) is 0 Å². The van der Waals surface area contributed by atoms with Crippen LogP contribution in [0.15, 0.2) is 30.6 Å². The minimum atomic E-state index is -0.530. The molecule has 2 heterocycles. The highest BCUT2D eigenvalue weighted by Gasteiger charge is 2.41. The van der Waals surface area contributed by atoms with Crippen LogP contribution in [-0.4, -0.2) is 47.6 Å². The van der Waals surface area contributed by atoms with Crippen molar-refractivity contribution in [1.29, 1.82) is 0 Å². The monoisotopic (exact) mass is 498 g/mol. The molecule has 7 nitrogen and oxygen atoms in total. The lowest BCUT2D eigenvalue weighted by atomic mass is 10.0. The Morgan fingerprint density at radius 1 is 1.20 bits per heavy atom. The summed E-state index contributed by atoms with van der Waals surface area (Å²) in [5.41, 5.74) is 1.54. The maximum Gasteiger partial charge on any atom is 0.219 e. The number of rotatable bonds is 6. The maximum absolute atomic E-state index is 14.6. The highest BCUT2D eigenvalue weighted by atomic mass is 35.5. The van der Waals surface area contributed by atoms with E-state index in [1.807, 2.05) is 11.0 Å². The number of carbonyl (C=O) groups is 1. The molecule has 2 aromatic carbocycles. The molecule has 1 saturated carbocycles. The van der Waals surface area contributed by atoms with Crippen LogP contribution in [0, 0.1) is 30.5 Å². The van der Waals surface area contributed by atoms with Crippen molar-refractivity contribution in [2.45, 2.75) is 26.7 Å². The predicted octanol–water partition coefficient (Wildman–Crippen LogP) is 5.37. The first-order chi connectivity index (χ1) is 16.8. The number of benzene rings is 2. The van der Waals surface area contributed by atoms with Crippen LogP contribution >= 0.6 is 11.6 Å². The number of fused-ring (bicyclic) bond motifs is 2. The standard InChI is InChI=1S/C26H28ClFN4O3/c1-14-4-5-20(25(28)24(14)27)31-26-19-8-22(34-3)23(9-21(19)29-13-30-26)35-12-16-6-17-10-32(15(2)33)11-18(17)7-16/h4-5,8-9,13,16-18H,6-7,10-12H2,1-3H3,(H,29,30,31)/t16-,17-,18+. The van der Waals surface area contributed by atoms with Gasteiger partial charge in [0.1, 0.15) is 12.1 Å². The number of hydrogen-bond donors (Lipinski definition) is 1. The number of halogens is 2. The Morgan fingerprint density at radius 3 is 2.63 bits per heavy atom. The average Bonchev–Trinajstić information content (AvgIpc) is 3.42. The van der Waals surface area contributed by atoms with E-state index < -0.39 is 5.82 Å². The highest BCUT2D eigenvalue weighted by Crippen LogP contribution is 2.42. The van der Waals surface area contributed by atoms with E-state index in [4.69, 9.17) is 21.1 Å². The van der Waals surface area contributed by atoms with Crippen LogP contribution in [0.4, 0.5) is 15.9 Å². The summed E-state index contributed by atoms with van der Waals surface area (Å²) < 4.78 is 26.5. The van der Waals surface area contributed by atoms with Gasteiger partial charge in [-0.25, -0.2) is 14.4 Å². The second-order valence-electron chi connectivity index (χ2n) is 9.52. The number of aromatic nitrogens is 2. The van der Waals surface area contributed by atoms with E-state index in [0.29, 0.717) is 58.1 Å². The molecule has 2 fully saturated rings. The topological polar surface area (TPSA) is 76.6 Å². The van der Waals surface area contributed by atoms with Crippen LogP contribution in [0.2, 0.25) is 5.02 Å². The highest BCUT2D eigenvalue weighted by molar-refractivity contribution is 6.31. The molecule has 184 valence electrons. The number of methoxy groups -OCH3 is 1. The number of nitrogens with zero attached hydrogens (tertiary/aromatic N) is 3. The first kappa shape index (κ1) is 23.6. The molecular formula is C26H28ClFN4O3. The van der Waals surface area contributed by atoms with E-state index in [0.717, 1.165) is 25.9 Å². The van der Waals surface area contributed by atoms with Crippen LogP contribution in [-0.2, 0) is 4.79 Å². The molecule has 3 atom stereocenters. The van der Waals surface area contributed by atoms with E-state index in [1.54, 1.807) is 39.2 Å². The molecule has 0 unspecified atom stereocenters. The van der Waals surface area contributed by atoms with Crippen molar-refractivity contribution in [1.82, 2.24) is 14.9 Å². The molecule has 1 saturated heterocycles. The molecule has 0 bridgehead atoms. The lowest BCUT2D eigenvalue weighted by Crippen LogP contribution is -2.27. The van der Waals surface area contributed by atoms with E-state index in [-0.39, 0.29) is 16.6 Å². The lowest BCUT2D eigenvalue weighted by Gasteiger charge is -2.19. The van der Waals surface area contributed by atoms with Gasteiger partial charge in [-0.15, -0.1) is 0 Å². The number of amides is 1. The third kappa shape index (κ3) is 4.59. The smallest absolute Gasteiger partial charge is 0.219 e. The van der Waals surface area contributed by atoms with Crippen LogP contribution in [0.5, 0.6) is 11.5 Å². The van der Waals surface area contributed by atoms with Gasteiger partial charge >= 0.3 is 0 Å². The average molecular weight is 499 g/mol. The molecule has 0 spiro atoms. The number of likely N-dealkylation sites (tertiary alicyclic amines) is 1. The van der Waals surface area contributed by atoms with E-state index in [1.165, 1.54) is 6.33 Å². The van der Waals surface area contributed by atoms with Crippen LogP contribution in [0.25, 0.3) is 10.9 Å². The molecule has 9 heteroatoms. The molecule has 5 rings (SSSR count). The number of carbonyl (C=O) groups excluding carboxylic acids is 1. The molecule has 2 aliphatic rings. The van der Waals surface area contributed by atoms with E-state index in [9.17, 15) is 9.18 Å². The van der Waals surface area contributed by atoms with Gasteiger partial charge in [-0.2, -0.15) is 0 Å². The predicted molar refractivity (Wildman–Crippen MR) is 133 cm³/mol. The van der Waals surface area contributed by atoms with Gasteiger partial charge in [-0.1, -0.05) is 17.7 Å². The molecule has 1 aliphatic carbocycles. The zero-order valence-electron chi connectivity index (χ0n) is 20.0. The summed E-state index contributed by atoms with van der Waals surface area (Å²) in [4.78, 5) is 22.3. The van der Waals surface area contributed by atoms with Crippen molar-refractivity contribution in [2.75, 3.05) is 32.1 Å². The SMILES string of the molecule is COc1cc2c(Nc3ccc(C)c(Cl)c3F)ncnc2cc1OC[C@@H]1C[C@@H]2CN(C(C)=O)C[C@@H]2C1. The van der Waals surface area contributed by atoms with Crippen molar-refractivity contribution in [3.8, 4) is 11.5 Å². The van der Waals surface area contributed by atoms with Crippen molar-refractivity contribution in [2.24, 2.45) is 17.8 Å². The normalized spacial score (nSPS) is 21.3. The molecule has 35 heavy (non-hydrogen) atoms. The third-order valence-corrected chi connectivity index (χ3v) is 7.68. The molecule has 0 radical (unpaired) electrons. The van der Waals surface area contributed by atoms with Crippen LogP contribution in [0.3, 0.4) is 0 Å². The quantitative estimate of drug-likeness (QED) is 0.492. The Hall–Kier alpha value is -3.13. The van der Waals surface area contributed by atoms with Gasteiger partial charge < -0.3 is 19.7 Å². The van der Waals surface area contributed by atoms with Gasteiger partial charge in [0.25, 0.3) is 0 Å². The fraction of sp³-hybridized carbons (Fsp3) is 0.423. The second kappa shape index (κ2) is 9.49. The summed E-state index contributed by atoms with van der Waals surface area (Å²) in [6.07, 6.45) is 3.55. The fourth-order valence-corrected chi connectivity index (χ4v) is 5.50. The summed E-state index contributed by atoms with van der Waals surface area (Å²) in [5, 5.41) is 3.78. The molecule has 1 aromatic heterocycles. The van der Waals surface area contributed by atoms with Crippen molar-refractivity contribution < 1.29 is 18.7 Å². The number of aryl methyl sites for hydroxylation is 1. The van der Waals surface area contributed by atoms with Gasteiger partial charge in [0, 0.05) is 31.5 Å². The number of nitrogens with one attached hydrogen (secondary N) is 1. The molecular weight excluding hydrogens is 471 g/mol. The van der Waals surface area contributed by atoms with Gasteiger partial charge in [0.2, 0.25) is 5.91 Å². The Morgan fingerprint density at radius 2 is 1.94 bits per heavy atom. The number of ether oxygens (including phenoxy) is 2. The Kier molecular flexibility index (Phi) is 6.40. The largest absolute Gasteiger partial charge is 0.493 e. The Balaban J connectivity index is 1.33. The molecule has 3 aromatic rings. The van der Waals surface area contributed by atoms with Crippen molar-refractivity contribution >= 4 is 39.9 Å². The lowest BCUT2D eigenvalue weighted by molar-refractivity contribution is -0.128. The second-order valence-corrected chi connectivity index (χ2v) is 9.90. The number of anilines is 2.